The molecule has 160 valence electrons. The smallest absolute Gasteiger partial charge is 0.465 e. The number of halogens is 3. The average Bonchev–Trinajstić information content (AvgIpc) is 3.03. The van der Waals surface area contributed by atoms with Gasteiger partial charge in [-0.2, -0.15) is 18.3 Å². The van der Waals surface area contributed by atoms with Crippen LogP contribution in [0.5, 0.6) is 0 Å². The summed E-state index contributed by atoms with van der Waals surface area (Å²) in [4.78, 5) is 38.5. The van der Waals surface area contributed by atoms with Crippen molar-refractivity contribution in [2.24, 2.45) is 0 Å². The van der Waals surface area contributed by atoms with Gasteiger partial charge in [0.25, 0.3) is 0 Å². The van der Waals surface area contributed by atoms with E-state index in [-0.39, 0.29) is 36.6 Å². The zero-order chi connectivity index (χ0) is 21.6. The summed E-state index contributed by atoms with van der Waals surface area (Å²) in [5.74, 6) is -2.75. The molecule has 0 bridgehead atoms. The van der Waals surface area contributed by atoms with Crippen LogP contribution >= 0.6 is 11.8 Å². The Labute approximate surface area is 168 Å². The Balaban J connectivity index is 2.15. The maximum atomic E-state index is 12.4. The van der Waals surface area contributed by atoms with E-state index in [1.165, 1.54) is 11.6 Å². The second kappa shape index (κ2) is 9.92. The van der Waals surface area contributed by atoms with Gasteiger partial charge < -0.3 is 9.57 Å². The van der Waals surface area contributed by atoms with E-state index in [4.69, 9.17) is 4.74 Å². The fraction of sp³-hybridized carbons (Fsp3) is 0.529. The molecule has 1 aromatic heterocycles. The van der Waals surface area contributed by atoms with Crippen molar-refractivity contribution in [2.45, 2.75) is 38.2 Å². The Morgan fingerprint density at radius 2 is 2.10 bits per heavy atom. The third kappa shape index (κ3) is 7.20. The predicted molar refractivity (Wildman–Crippen MR) is 97.2 cm³/mol. The predicted octanol–water partition coefficient (Wildman–Crippen LogP) is 2.20. The molecule has 0 aliphatic carbocycles. The van der Waals surface area contributed by atoms with E-state index >= 15 is 0 Å². The summed E-state index contributed by atoms with van der Waals surface area (Å²) in [5.41, 5.74) is 1.02. The maximum Gasteiger partial charge on any atom is 0.492 e. The average molecular weight is 435 g/mol. The van der Waals surface area contributed by atoms with Crippen molar-refractivity contribution >= 4 is 34.9 Å². The van der Waals surface area contributed by atoms with Crippen LogP contribution in [0.2, 0.25) is 0 Å². The zero-order valence-corrected chi connectivity index (χ0v) is 16.6. The number of carbonyl (C=O) groups excluding carboxylic acids is 3. The van der Waals surface area contributed by atoms with Crippen molar-refractivity contribution in [1.82, 2.24) is 14.8 Å². The standard InChI is InChI=1S/C17H20F3N3O5S/c1-3-27-15(25)10-22-6-4-13(21-22)8-12-9-23(28-16(26)17(18,19)20)7-5-14(12)29-11(2)24/h4,6,8,14H,3,5,7,9-10H2,1-2H3/b12-8-. The van der Waals surface area contributed by atoms with Crippen LogP contribution in [0, 0.1) is 0 Å². The molecule has 0 N–H and O–H groups in total. The molecule has 2 rings (SSSR count). The number of hydrogen-bond donors (Lipinski definition) is 0. The Morgan fingerprint density at radius 3 is 2.72 bits per heavy atom. The molecule has 12 heteroatoms. The fourth-order valence-corrected chi connectivity index (χ4v) is 3.54. The van der Waals surface area contributed by atoms with E-state index in [1.807, 2.05) is 0 Å². The molecule has 2 heterocycles. The van der Waals surface area contributed by atoms with Gasteiger partial charge >= 0.3 is 18.1 Å². The summed E-state index contributed by atoms with van der Waals surface area (Å²) in [6.07, 6.45) is -1.62. The number of hydroxylamine groups is 2. The van der Waals surface area contributed by atoms with Crippen molar-refractivity contribution in [3.63, 3.8) is 0 Å². The minimum Gasteiger partial charge on any atom is -0.465 e. The van der Waals surface area contributed by atoms with Crippen molar-refractivity contribution in [1.29, 1.82) is 0 Å². The minimum atomic E-state index is -5.10. The number of carbonyl (C=O) groups is 3. The second-order valence-corrected chi connectivity index (χ2v) is 7.47. The Bertz CT molecular complexity index is 794. The molecule has 1 aromatic rings. The van der Waals surface area contributed by atoms with Crippen LogP contribution in [0.3, 0.4) is 0 Å². The molecule has 1 unspecified atom stereocenters. The van der Waals surface area contributed by atoms with Gasteiger partial charge in [0.2, 0.25) is 0 Å². The molecular weight excluding hydrogens is 415 g/mol. The zero-order valence-electron chi connectivity index (χ0n) is 15.8. The minimum absolute atomic E-state index is 0.0569. The number of esters is 1. The first-order valence-electron chi connectivity index (χ1n) is 8.69. The lowest BCUT2D eigenvalue weighted by molar-refractivity contribution is -0.238. The van der Waals surface area contributed by atoms with E-state index in [0.29, 0.717) is 17.7 Å². The summed E-state index contributed by atoms with van der Waals surface area (Å²) in [7, 11) is 0. The number of ether oxygens (including phenoxy) is 1. The fourth-order valence-electron chi connectivity index (χ4n) is 2.62. The molecule has 1 aliphatic heterocycles. The molecule has 0 radical (unpaired) electrons. The van der Waals surface area contributed by atoms with Crippen LogP contribution in [-0.4, -0.2) is 63.0 Å². The molecule has 1 aliphatic rings. The summed E-state index contributed by atoms with van der Waals surface area (Å²) >= 11 is 1.05. The maximum absolute atomic E-state index is 12.4. The quantitative estimate of drug-likeness (QED) is 0.629. The largest absolute Gasteiger partial charge is 0.492 e. The van der Waals surface area contributed by atoms with E-state index < -0.39 is 18.1 Å². The van der Waals surface area contributed by atoms with Crippen LogP contribution in [0.25, 0.3) is 6.08 Å². The lowest BCUT2D eigenvalue weighted by Gasteiger charge is -2.32. The molecule has 1 saturated heterocycles. The van der Waals surface area contributed by atoms with Gasteiger partial charge in [0.05, 0.1) is 18.8 Å². The second-order valence-electron chi connectivity index (χ2n) is 6.09. The normalized spacial score (nSPS) is 19.2. The molecular formula is C17H20F3N3O5S. The summed E-state index contributed by atoms with van der Waals surface area (Å²) < 4.78 is 43.5. The highest BCUT2D eigenvalue weighted by Crippen LogP contribution is 2.30. The SMILES string of the molecule is CCOC(=O)Cn1ccc(/C=C2/CN(OC(=O)C(F)(F)F)CCC2SC(C)=O)n1. The van der Waals surface area contributed by atoms with E-state index in [2.05, 4.69) is 9.94 Å². The molecule has 1 atom stereocenters. The van der Waals surface area contributed by atoms with Crippen molar-refractivity contribution in [3.8, 4) is 0 Å². The highest BCUT2D eigenvalue weighted by molar-refractivity contribution is 8.14. The van der Waals surface area contributed by atoms with E-state index in [1.54, 1.807) is 25.3 Å². The van der Waals surface area contributed by atoms with Crippen molar-refractivity contribution in [3.05, 3.63) is 23.5 Å². The molecule has 8 nitrogen and oxygen atoms in total. The van der Waals surface area contributed by atoms with Crippen LogP contribution in [-0.2, 0) is 30.5 Å². The number of piperidine rings is 1. The monoisotopic (exact) mass is 435 g/mol. The Morgan fingerprint density at radius 1 is 1.38 bits per heavy atom. The number of alkyl halides is 3. The van der Waals surface area contributed by atoms with Crippen molar-refractivity contribution in [2.75, 3.05) is 19.7 Å². The van der Waals surface area contributed by atoms with Crippen molar-refractivity contribution < 1.29 is 37.1 Å². The topological polar surface area (TPSA) is 90.7 Å². The lowest BCUT2D eigenvalue weighted by Crippen LogP contribution is -2.41. The highest BCUT2D eigenvalue weighted by Gasteiger charge is 2.43. The first kappa shape index (κ1) is 22.9. The van der Waals surface area contributed by atoms with Gasteiger partial charge in [0, 0.05) is 24.9 Å². The van der Waals surface area contributed by atoms with Crippen LogP contribution in [0.1, 0.15) is 26.0 Å². The van der Waals surface area contributed by atoms with E-state index in [9.17, 15) is 27.6 Å². The van der Waals surface area contributed by atoms with Gasteiger partial charge in [-0.05, 0) is 31.1 Å². The number of nitrogens with zero attached hydrogens (tertiary/aromatic N) is 3. The van der Waals surface area contributed by atoms with Crippen LogP contribution in [0.15, 0.2) is 17.8 Å². The number of aromatic nitrogens is 2. The summed E-state index contributed by atoms with van der Waals surface area (Å²) in [5, 5.41) is 4.68. The van der Waals surface area contributed by atoms with Gasteiger partial charge in [-0.15, -0.1) is 5.06 Å². The molecule has 0 spiro atoms. The highest BCUT2D eigenvalue weighted by atomic mass is 32.2. The molecule has 1 fully saturated rings. The molecule has 0 saturated carbocycles. The van der Waals surface area contributed by atoms with Gasteiger partial charge in [0.1, 0.15) is 6.54 Å². The first-order valence-corrected chi connectivity index (χ1v) is 9.57. The number of rotatable bonds is 6. The Kier molecular flexibility index (Phi) is 7.85. The molecule has 0 aromatic carbocycles. The molecule has 0 amide bonds. The number of thioether (sulfide) groups is 1. The van der Waals surface area contributed by atoms with Gasteiger partial charge in [-0.3, -0.25) is 14.3 Å². The van der Waals surface area contributed by atoms with Gasteiger partial charge in [0.15, 0.2) is 5.12 Å². The summed E-state index contributed by atoms with van der Waals surface area (Å²) in [6.45, 7) is 3.20. The third-order valence-corrected chi connectivity index (χ3v) is 4.91. The van der Waals surface area contributed by atoms with E-state index in [0.717, 1.165) is 16.8 Å². The van der Waals surface area contributed by atoms with Gasteiger partial charge in [-0.25, -0.2) is 4.79 Å². The van der Waals surface area contributed by atoms with Gasteiger partial charge in [-0.1, -0.05) is 11.8 Å². The Hall–Kier alpha value is -2.34. The van der Waals surface area contributed by atoms with Crippen LogP contribution in [0.4, 0.5) is 13.2 Å². The van der Waals surface area contributed by atoms with Crippen LogP contribution < -0.4 is 0 Å². The third-order valence-electron chi connectivity index (χ3n) is 3.76. The lowest BCUT2D eigenvalue weighted by atomic mass is 10.0. The number of hydrogen-bond acceptors (Lipinski definition) is 8. The first-order chi connectivity index (χ1) is 13.6. The molecule has 29 heavy (non-hydrogen) atoms. The summed E-state index contributed by atoms with van der Waals surface area (Å²) in [6, 6.07) is 1.61.